The molecule has 1 aliphatic heterocycles. The minimum atomic E-state index is 0.736. The highest BCUT2D eigenvalue weighted by Crippen LogP contribution is 2.41. The molecule has 3 heterocycles. The lowest BCUT2D eigenvalue weighted by atomic mass is 10.0. The van der Waals surface area contributed by atoms with Crippen LogP contribution in [-0.4, -0.2) is 47.7 Å². The molecule has 0 amide bonds. The Labute approximate surface area is 155 Å². The van der Waals surface area contributed by atoms with Crippen LogP contribution in [0.5, 0.6) is 0 Å². The van der Waals surface area contributed by atoms with Gasteiger partial charge in [-0.3, -0.25) is 14.8 Å². The standard InChI is InChI=1S/C20H19N3O2S/c24-12-15-2-4-18(26-15)20-17-10-14-9-13(11-23-5-7-25-8-6-23)1-3-16(14)19(17)21-22-20/h1-4,9,12H,5-8,10-11H2,(H,21,22). The SMILES string of the molecule is O=Cc1ccc(-c2n[nH]c3c2Cc2cc(CN4CCOCC4)ccc2-3)s1. The average molecular weight is 365 g/mol. The number of nitrogens with zero attached hydrogens (tertiary/aromatic N) is 2. The van der Waals surface area contributed by atoms with E-state index in [1.807, 2.05) is 12.1 Å². The van der Waals surface area contributed by atoms with Gasteiger partial charge < -0.3 is 4.74 Å². The molecule has 1 aromatic carbocycles. The van der Waals surface area contributed by atoms with Crippen LogP contribution in [-0.2, 0) is 17.7 Å². The minimum absolute atomic E-state index is 0.736. The maximum atomic E-state index is 11.0. The van der Waals surface area contributed by atoms with Crippen LogP contribution < -0.4 is 0 Å². The van der Waals surface area contributed by atoms with Crippen LogP contribution >= 0.6 is 11.3 Å². The predicted molar refractivity (Wildman–Crippen MR) is 102 cm³/mol. The van der Waals surface area contributed by atoms with E-state index in [0.29, 0.717) is 0 Å². The van der Waals surface area contributed by atoms with Crippen LogP contribution in [0, 0.1) is 0 Å². The first-order valence-electron chi connectivity index (χ1n) is 8.87. The number of H-pyrrole nitrogens is 1. The number of carbonyl (C=O) groups excluding carboxylic acids is 1. The highest BCUT2D eigenvalue weighted by molar-refractivity contribution is 7.17. The topological polar surface area (TPSA) is 58.2 Å². The van der Waals surface area contributed by atoms with Gasteiger partial charge in [0.15, 0.2) is 6.29 Å². The number of hydrogen-bond donors (Lipinski definition) is 1. The number of morpholine rings is 1. The molecule has 1 fully saturated rings. The number of aromatic amines is 1. The zero-order valence-corrected chi connectivity index (χ0v) is 15.1. The lowest BCUT2D eigenvalue weighted by Crippen LogP contribution is -2.35. The van der Waals surface area contributed by atoms with Crippen molar-refractivity contribution >= 4 is 17.6 Å². The molecule has 0 saturated carbocycles. The summed E-state index contributed by atoms with van der Waals surface area (Å²) in [5.41, 5.74) is 7.29. The molecule has 0 bridgehead atoms. The van der Waals surface area contributed by atoms with E-state index in [9.17, 15) is 4.79 Å². The van der Waals surface area contributed by atoms with Gasteiger partial charge in [-0.05, 0) is 23.3 Å². The van der Waals surface area contributed by atoms with Crippen molar-refractivity contribution in [1.82, 2.24) is 15.1 Å². The second kappa shape index (κ2) is 6.46. The molecule has 26 heavy (non-hydrogen) atoms. The zero-order valence-electron chi connectivity index (χ0n) is 14.3. The zero-order chi connectivity index (χ0) is 17.5. The van der Waals surface area contributed by atoms with E-state index in [-0.39, 0.29) is 0 Å². The molecule has 1 N–H and O–H groups in total. The van der Waals surface area contributed by atoms with Crippen LogP contribution in [0.1, 0.15) is 26.4 Å². The van der Waals surface area contributed by atoms with Crippen LogP contribution in [0.25, 0.3) is 21.8 Å². The van der Waals surface area contributed by atoms with Crippen molar-refractivity contribution in [2.24, 2.45) is 0 Å². The first-order chi connectivity index (χ1) is 12.8. The van der Waals surface area contributed by atoms with Crippen molar-refractivity contribution in [3.8, 4) is 21.8 Å². The number of carbonyl (C=O) groups is 1. The maximum absolute atomic E-state index is 11.0. The van der Waals surface area contributed by atoms with Gasteiger partial charge in [-0.25, -0.2) is 0 Å². The van der Waals surface area contributed by atoms with Crippen molar-refractivity contribution in [1.29, 1.82) is 0 Å². The summed E-state index contributed by atoms with van der Waals surface area (Å²) in [6.07, 6.45) is 1.79. The van der Waals surface area contributed by atoms with Gasteiger partial charge in [-0.15, -0.1) is 11.3 Å². The molecule has 2 aliphatic rings. The highest BCUT2D eigenvalue weighted by atomic mass is 32.1. The van der Waals surface area contributed by atoms with E-state index in [4.69, 9.17) is 4.74 Å². The van der Waals surface area contributed by atoms with Crippen molar-refractivity contribution in [2.45, 2.75) is 13.0 Å². The molecule has 6 heteroatoms. The number of hydrogen-bond acceptors (Lipinski definition) is 5. The summed E-state index contributed by atoms with van der Waals surface area (Å²) in [5, 5.41) is 7.73. The van der Waals surface area contributed by atoms with Crippen LogP contribution in [0.15, 0.2) is 30.3 Å². The van der Waals surface area contributed by atoms with E-state index in [1.54, 1.807) is 0 Å². The van der Waals surface area contributed by atoms with Gasteiger partial charge >= 0.3 is 0 Å². The molecule has 3 aromatic rings. The number of aldehydes is 1. The lowest BCUT2D eigenvalue weighted by Gasteiger charge is -2.26. The van der Waals surface area contributed by atoms with Crippen molar-refractivity contribution in [3.05, 3.63) is 51.9 Å². The van der Waals surface area contributed by atoms with Crippen LogP contribution in [0.4, 0.5) is 0 Å². The number of benzene rings is 1. The number of rotatable bonds is 4. The van der Waals surface area contributed by atoms with Crippen molar-refractivity contribution in [3.63, 3.8) is 0 Å². The Hall–Kier alpha value is -2.28. The van der Waals surface area contributed by atoms with Gasteiger partial charge in [0.25, 0.3) is 0 Å². The fraction of sp³-hybridized carbons (Fsp3) is 0.300. The summed E-state index contributed by atoms with van der Waals surface area (Å²) < 4.78 is 5.43. The molecule has 132 valence electrons. The van der Waals surface area contributed by atoms with E-state index in [1.165, 1.54) is 33.6 Å². The molecule has 0 unspecified atom stereocenters. The monoisotopic (exact) mass is 365 g/mol. The first kappa shape index (κ1) is 15.9. The Kier molecular flexibility index (Phi) is 3.96. The molecule has 5 rings (SSSR count). The molecule has 1 aliphatic carbocycles. The van der Waals surface area contributed by atoms with E-state index < -0.39 is 0 Å². The summed E-state index contributed by atoms with van der Waals surface area (Å²) in [6.45, 7) is 4.63. The maximum Gasteiger partial charge on any atom is 0.160 e. The Balaban J connectivity index is 1.42. The Morgan fingerprint density at radius 1 is 1.23 bits per heavy atom. The van der Waals surface area contributed by atoms with E-state index in [0.717, 1.165) is 66.7 Å². The third-order valence-electron chi connectivity index (χ3n) is 5.16. The van der Waals surface area contributed by atoms with Gasteiger partial charge in [0.05, 0.1) is 28.7 Å². The number of ether oxygens (including phenoxy) is 1. The quantitative estimate of drug-likeness (QED) is 0.564. The molecule has 2 aromatic heterocycles. The van der Waals surface area contributed by atoms with Gasteiger partial charge in [-0.1, -0.05) is 18.2 Å². The average Bonchev–Trinajstić information content (AvgIpc) is 3.36. The molecule has 0 radical (unpaired) electrons. The van der Waals surface area contributed by atoms with Crippen molar-refractivity contribution in [2.75, 3.05) is 26.3 Å². The fourth-order valence-electron chi connectivity index (χ4n) is 3.85. The molecule has 5 nitrogen and oxygen atoms in total. The third kappa shape index (κ3) is 2.70. The van der Waals surface area contributed by atoms with Gasteiger partial charge in [0.1, 0.15) is 5.69 Å². The van der Waals surface area contributed by atoms with Gasteiger partial charge in [0, 0.05) is 37.2 Å². The highest BCUT2D eigenvalue weighted by Gasteiger charge is 2.26. The van der Waals surface area contributed by atoms with Crippen molar-refractivity contribution < 1.29 is 9.53 Å². The molecule has 0 spiro atoms. The summed E-state index contributed by atoms with van der Waals surface area (Å²) in [7, 11) is 0. The lowest BCUT2D eigenvalue weighted by molar-refractivity contribution is 0.0342. The van der Waals surface area contributed by atoms with E-state index in [2.05, 4.69) is 33.3 Å². The normalized spacial score (nSPS) is 16.5. The van der Waals surface area contributed by atoms with Gasteiger partial charge in [0.2, 0.25) is 0 Å². The van der Waals surface area contributed by atoms with Gasteiger partial charge in [-0.2, -0.15) is 5.10 Å². The predicted octanol–water partition coefficient (Wildman–Crippen LogP) is 3.35. The number of fused-ring (bicyclic) bond motifs is 3. The fourth-order valence-corrected chi connectivity index (χ4v) is 4.69. The summed E-state index contributed by atoms with van der Waals surface area (Å²) >= 11 is 1.49. The summed E-state index contributed by atoms with van der Waals surface area (Å²) in [5.74, 6) is 0. The summed E-state index contributed by atoms with van der Waals surface area (Å²) in [4.78, 5) is 15.2. The number of aromatic nitrogens is 2. The second-order valence-electron chi connectivity index (χ2n) is 6.80. The molecular weight excluding hydrogens is 346 g/mol. The Morgan fingerprint density at radius 2 is 2.12 bits per heavy atom. The second-order valence-corrected chi connectivity index (χ2v) is 7.92. The third-order valence-corrected chi connectivity index (χ3v) is 6.18. The minimum Gasteiger partial charge on any atom is -0.379 e. The Bertz CT molecular complexity index is 969. The van der Waals surface area contributed by atoms with Crippen LogP contribution in [0.3, 0.4) is 0 Å². The Morgan fingerprint density at radius 3 is 2.92 bits per heavy atom. The van der Waals surface area contributed by atoms with Crippen LogP contribution in [0.2, 0.25) is 0 Å². The first-order valence-corrected chi connectivity index (χ1v) is 9.68. The molecule has 0 atom stereocenters. The summed E-state index contributed by atoms with van der Waals surface area (Å²) in [6, 6.07) is 10.6. The smallest absolute Gasteiger partial charge is 0.160 e. The number of thiophene rings is 1. The van der Waals surface area contributed by atoms with E-state index >= 15 is 0 Å². The largest absolute Gasteiger partial charge is 0.379 e. The molecular formula is C20H19N3O2S. The number of nitrogens with one attached hydrogen (secondary N) is 1. The molecule has 1 saturated heterocycles.